The molecule has 2 aromatic rings. The van der Waals surface area contributed by atoms with Crippen molar-refractivity contribution in [2.75, 3.05) is 6.54 Å². The Kier molecular flexibility index (Phi) is 7.20. The van der Waals surface area contributed by atoms with Gasteiger partial charge in [0.1, 0.15) is 0 Å². The molecule has 0 fully saturated rings. The van der Waals surface area contributed by atoms with Crippen LogP contribution < -0.4 is 10.0 Å². The smallest absolute Gasteiger partial charge is 0.251 e. The number of carbonyl (C=O) groups is 1. The van der Waals surface area contributed by atoms with Crippen LogP contribution in [0.1, 0.15) is 36.2 Å². The van der Waals surface area contributed by atoms with Gasteiger partial charge in [0.05, 0.1) is 4.90 Å². The summed E-state index contributed by atoms with van der Waals surface area (Å²) in [6.07, 6.45) is 1.32. The Labute approximate surface area is 159 Å². The maximum Gasteiger partial charge on any atom is 0.251 e. The van der Waals surface area contributed by atoms with Gasteiger partial charge in [-0.25, -0.2) is 13.1 Å². The number of hydrogen-bond donors (Lipinski definition) is 2. The van der Waals surface area contributed by atoms with E-state index in [0.29, 0.717) is 17.0 Å². The third-order valence-electron chi connectivity index (χ3n) is 3.99. The van der Waals surface area contributed by atoms with E-state index in [9.17, 15) is 13.2 Å². The van der Waals surface area contributed by atoms with E-state index in [-0.39, 0.29) is 23.4 Å². The Balaban J connectivity index is 2.04. The van der Waals surface area contributed by atoms with E-state index in [4.69, 9.17) is 11.6 Å². The summed E-state index contributed by atoms with van der Waals surface area (Å²) < 4.78 is 27.5. The van der Waals surface area contributed by atoms with E-state index >= 15 is 0 Å². The fourth-order valence-electron chi connectivity index (χ4n) is 2.32. The van der Waals surface area contributed by atoms with Gasteiger partial charge in [0.2, 0.25) is 10.0 Å². The summed E-state index contributed by atoms with van der Waals surface area (Å²) in [5, 5.41) is 3.44. The zero-order valence-corrected chi connectivity index (χ0v) is 16.4. The van der Waals surface area contributed by atoms with Crippen LogP contribution in [-0.2, 0) is 16.4 Å². The standard InChI is InChI=1S/C19H23ClN2O3S/c1-3-14(2)22-19(23)16-7-5-9-18(13-16)26(24,25)21-11-10-15-6-4-8-17(20)12-15/h4-9,12-14,21H,3,10-11H2,1-2H3,(H,22,23). The van der Waals surface area contributed by atoms with Crippen molar-refractivity contribution in [1.82, 2.24) is 10.0 Å². The Morgan fingerprint density at radius 3 is 2.58 bits per heavy atom. The summed E-state index contributed by atoms with van der Waals surface area (Å²) in [5.41, 5.74) is 1.27. The first-order valence-electron chi connectivity index (χ1n) is 8.47. The van der Waals surface area contributed by atoms with Gasteiger partial charge in [-0.2, -0.15) is 0 Å². The van der Waals surface area contributed by atoms with Crippen molar-refractivity contribution in [3.05, 3.63) is 64.7 Å². The number of nitrogens with one attached hydrogen (secondary N) is 2. The van der Waals surface area contributed by atoms with Crippen molar-refractivity contribution in [2.45, 2.75) is 37.6 Å². The molecule has 7 heteroatoms. The molecule has 0 saturated carbocycles. The highest BCUT2D eigenvalue weighted by Crippen LogP contribution is 2.13. The van der Waals surface area contributed by atoms with Gasteiger partial charge in [-0.3, -0.25) is 4.79 Å². The minimum Gasteiger partial charge on any atom is -0.350 e. The van der Waals surface area contributed by atoms with Gasteiger partial charge < -0.3 is 5.32 Å². The third-order valence-corrected chi connectivity index (χ3v) is 5.68. The second-order valence-electron chi connectivity index (χ2n) is 6.09. The number of hydrogen-bond acceptors (Lipinski definition) is 3. The lowest BCUT2D eigenvalue weighted by Gasteiger charge is -2.12. The van der Waals surface area contributed by atoms with Crippen molar-refractivity contribution >= 4 is 27.5 Å². The molecule has 0 aliphatic heterocycles. The van der Waals surface area contributed by atoms with Crippen molar-refractivity contribution in [3.8, 4) is 0 Å². The summed E-state index contributed by atoms with van der Waals surface area (Å²) in [6.45, 7) is 4.11. The Hall–Kier alpha value is -1.89. The van der Waals surface area contributed by atoms with Crippen LogP contribution in [0.5, 0.6) is 0 Å². The van der Waals surface area contributed by atoms with Crippen LogP contribution in [0.2, 0.25) is 5.02 Å². The zero-order chi connectivity index (χ0) is 19.2. The SMILES string of the molecule is CCC(C)NC(=O)c1cccc(S(=O)(=O)NCCc2cccc(Cl)c2)c1. The van der Waals surface area contributed by atoms with Gasteiger partial charge in [-0.1, -0.05) is 36.7 Å². The monoisotopic (exact) mass is 394 g/mol. The molecule has 0 spiro atoms. The molecule has 2 aromatic carbocycles. The van der Waals surface area contributed by atoms with Crippen LogP contribution in [0.25, 0.3) is 0 Å². The molecule has 1 unspecified atom stereocenters. The predicted molar refractivity (Wildman–Crippen MR) is 104 cm³/mol. The maximum absolute atomic E-state index is 12.5. The van der Waals surface area contributed by atoms with Crippen molar-refractivity contribution in [3.63, 3.8) is 0 Å². The van der Waals surface area contributed by atoms with E-state index < -0.39 is 10.0 Å². The summed E-state index contributed by atoms with van der Waals surface area (Å²) in [4.78, 5) is 12.3. The average Bonchev–Trinajstić information content (AvgIpc) is 2.61. The molecule has 1 amide bonds. The molecular formula is C19H23ClN2O3S. The fourth-order valence-corrected chi connectivity index (χ4v) is 3.61. The van der Waals surface area contributed by atoms with Crippen molar-refractivity contribution < 1.29 is 13.2 Å². The van der Waals surface area contributed by atoms with Crippen LogP contribution in [0.4, 0.5) is 0 Å². The molecule has 0 aliphatic carbocycles. The van der Waals surface area contributed by atoms with Crippen LogP contribution in [0.15, 0.2) is 53.4 Å². The topological polar surface area (TPSA) is 75.3 Å². The molecule has 1 atom stereocenters. The number of halogens is 1. The van der Waals surface area contributed by atoms with Crippen LogP contribution in [-0.4, -0.2) is 26.9 Å². The molecule has 0 aromatic heterocycles. The predicted octanol–water partition coefficient (Wildman–Crippen LogP) is 3.39. The number of sulfonamides is 1. The van der Waals surface area contributed by atoms with Gasteiger partial charge in [0.25, 0.3) is 5.91 Å². The Bertz CT molecular complexity index is 869. The quantitative estimate of drug-likeness (QED) is 0.720. The molecule has 0 bridgehead atoms. The second-order valence-corrected chi connectivity index (χ2v) is 8.29. The Morgan fingerprint density at radius 2 is 1.88 bits per heavy atom. The van der Waals surface area contributed by atoms with Gasteiger partial charge in [-0.05, 0) is 55.7 Å². The zero-order valence-electron chi connectivity index (χ0n) is 14.8. The van der Waals surface area contributed by atoms with E-state index in [1.165, 1.54) is 12.1 Å². The third kappa shape index (κ3) is 5.83. The second kappa shape index (κ2) is 9.16. The fraction of sp³-hybridized carbons (Fsp3) is 0.316. The highest BCUT2D eigenvalue weighted by molar-refractivity contribution is 7.89. The van der Waals surface area contributed by atoms with Gasteiger partial charge >= 0.3 is 0 Å². The maximum atomic E-state index is 12.5. The minimum atomic E-state index is -3.69. The van der Waals surface area contributed by atoms with Gasteiger partial charge in [0, 0.05) is 23.2 Å². The van der Waals surface area contributed by atoms with E-state index in [2.05, 4.69) is 10.0 Å². The normalized spacial score (nSPS) is 12.6. The first-order chi connectivity index (χ1) is 12.3. The molecule has 5 nitrogen and oxygen atoms in total. The number of carbonyl (C=O) groups excluding carboxylic acids is 1. The van der Waals surface area contributed by atoms with E-state index in [1.807, 2.05) is 26.0 Å². The van der Waals surface area contributed by atoms with E-state index in [0.717, 1.165) is 12.0 Å². The van der Waals surface area contributed by atoms with Crippen molar-refractivity contribution in [2.24, 2.45) is 0 Å². The molecule has 2 rings (SSSR count). The van der Waals surface area contributed by atoms with Crippen LogP contribution in [0.3, 0.4) is 0 Å². The molecule has 0 heterocycles. The molecular weight excluding hydrogens is 372 g/mol. The molecule has 2 N–H and O–H groups in total. The first-order valence-corrected chi connectivity index (χ1v) is 10.3. The minimum absolute atomic E-state index is 0.0265. The average molecular weight is 395 g/mol. The number of rotatable bonds is 8. The van der Waals surface area contributed by atoms with Crippen molar-refractivity contribution in [1.29, 1.82) is 0 Å². The summed E-state index contributed by atoms with van der Waals surface area (Å²) in [5.74, 6) is -0.282. The summed E-state index contributed by atoms with van der Waals surface area (Å²) >= 11 is 5.93. The lowest BCUT2D eigenvalue weighted by molar-refractivity contribution is 0.0939. The summed E-state index contributed by atoms with van der Waals surface area (Å²) in [7, 11) is -3.69. The Morgan fingerprint density at radius 1 is 1.15 bits per heavy atom. The molecule has 0 radical (unpaired) electrons. The van der Waals surface area contributed by atoms with Crippen LogP contribution >= 0.6 is 11.6 Å². The molecule has 140 valence electrons. The molecule has 0 saturated heterocycles. The number of amides is 1. The highest BCUT2D eigenvalue weighted by atomic mass is 35.5. The largest absolute Gasteiger partial charge is 0.350 e. The number of benzene rings is 2. The summed E-state index contributed by atoms with van der Waals surface area (Å²) in [6, 6.07) is 13.3. The molecule has 26 heavy (non-hydrogen) atoms. The molecule has 0 aliphatic rings. The first kappa shape index (κ1) is 20.4. The van der Waals surface area contributed by atoms with Gasteiger partial charge in [0.15, 0.2) is 0 Å². The lowest BCUT2D eigenvalue weighted by atomic mass is 10.2. The lowest BCUT2D eigenvalue weighted by Crippen LogP contribution is -2.32. The van der Waals surface area contributed by atoms with Crippen LogP contribution in [0, 0.1) is 0 Å². The van der Waals surface area contributed by atoms with Gasteiger partial charge in [-0.15, -0.1) is 0 Å². The highest BCUT2D eigenvalue weighted by Gasteiger charge is 2.16. The van der Waals surface area contributed by atoms with E-state index in [1.54, 1.807) is 24.3 Å².